The number of rotatable bonds is 3. The molecule has 0 amide bonds. The number of hydrogen-bond donors (Lipinski definition) is 3. The van der Waals surface area contributed by atoms with Gasteiger partial charge in [-0.2, -0.15) is 0 Å². The third-order valence-electron chi connectivity index (χ3n) is 2.82. The van der Waals surface area contributed by atoms with Crippen LogP contribution >= 0.6 is 0 Å². The first-order chi connectivity index (χ1) is 8.19. The number of hydrogen-bond acceptors (Lipinski definition) is 4. The van der Waals surface area contributed by atoms with Crippen molar-refractivity contribution in [3.05, 3.63) is 40.8 Å². The number of fused-ring (bicyclic) bond motifs is 1. The summed E-state index contributed by atoms with van der Waals surface area (Å²) in [6, 6.07) is 6.20. The molecule has 0 spiro atoms. The minimum absolute atomic E-state index is 0.261. The molecule has 1 heterocycles. The monoisotopic (exact) mass is 234 g/mol. The predicted octanol–water partition coefficient (Wildman–Crippen LogP) is 0.109. The Morgan fingerprint density at radius 1 is 1.18 bits per heavy atom. The molecule has 0 unspecified atom stereocenters. The van der Waals surface area contributed by atoms with E-state index in [0.717, 1.165) is 0 Å². The molecule has 2 rings (SSSR count). The maximum Gasteiger partial charge on any atom is 0.258 e. The highest BCUT2D eigenvalue weighted by Gasteiger charge is 2.12. The lowest BCUT2D eigenvalue weighted by Crippen LogP contribution is -2.28. The predicted molar refractivity (Wildman–Crippen MR) is 65.8 cm³/mol. The second kappa shape index (κ2) is 4.57. The lowest BCUT2D eigenvalue weighted by atomic mass is 10.1. The molecule has 5 heteroatoms. The highest BCUT2D eigenvalue weighted by Crippen LogP contribution is 2.18. The molecule has 0 saturated heterocycles. The number of aromatic nitrogens is 1. The van der Waals surface area contributed by atoms with Crippen LogP contribution in [0.15, 0.2) is 35.3 Å². The topological polar surface area (TPSA) is 88.5 Å². The third kappa shape index (κ3) is 1.90. The molecular formula is C12H14N2O3. The van der Waals surface area contributed by atoms with Gasteiger partial charge in [0.15, 0.2) is 0 Å². The van der Waals surface area contributed by atoms with Crippen LogP contribution in [-0.2, 0) is 0 Å². The fourth-order valence-electron chi connectivity index (χ4n) is 1.84. The van der Waals surface area contributed by atoms with Gasteiger partial charge in [-0.3, -0.25) is 4.79 Å². The van der Waals surface area contributed by atoms with Gasteiger partial charge in [-0.1, -0.05) is 6.07 Å². The number of aliphatic hydroxyl groups excluding tert-OH is 2. The summed E-state index contributed by atoms with van der Waals surface area (Å²) in [6.45, 7) is -0.575. The van der Waals surface area contributed by atoms with E-state index in [1.54, 1.807) is 24.3 Å². The van der Waals surface area contributed by atoms with Crippen molar-refractivity contribution in [3.63, 3.8) is 0 Å². The Balaban J connectivity index is 2.70. The summed E-state index contributed by atoms with van der Waals surface area (Å²) in [6.07, 6.45) is 1.54. The molecular weight excluding hydrogens is 220 g/mol. The first-order valence-corrected chi connectivity index (χ1v) is 5.30. The van der Waals surface area contributed by atoms with E-state index in [1.807, 2.05) is 0 Å². The molecule has 0 bridgehead atoms. The van der Waals surface area contributed by atoms with Crippen molar-refractivity contribution < 1.29 is 10.2 Å². The van der Waals surface area contributed by atoms with Gasteiger partial charge >= 0.3 is 0 Å². The summed E-state index contributed by atoms with van der Waals surface area (Å²) in [7, 11) is 0. The van der Waals surface area contributed by atoms with Crippen LogP contribution < -0.4 is 11.3 Å². The van der Waals surface area contributed by atoms with Gasteiger partial charge in [0.05, 0.1) is 19.3 Å². The molecule has 0 saturated carbocycles. The summed E-state index contributed by atoms with van der Waals surface area (Å²) in [5.74, 6) is 0. The first kappa shape index (κ1) is 11.6. The van der Waals surface area contributed by atoms with Gasteiger partial charge in [-0.15, -0.1) is 0 Å². The average molecular weight is 234 g/mol. The minimum Gasteiger partial charge on any atom is -0.398 e. The fraction of sp³-hybridized carbons (Fsp3) is 0.250. The normalized spacial score (nSPS) is 11.2. The molecule has 0 aliphatic carbocycles. The molecule has 0 aliphatic rings. The largest absolute Gasteiger partial charge is 0.398 e. The Morgan fingerprint density at radius 3 is 2.53 bits per heavy atom. The molecule has 1 aromatic heterocycles. The van der Waals surface area contributed by atoms with Crippen molar-refractivity contribution >= 4 is 16.5 Å². The van der Waals surface area contributed by atoms with E-state index in [-0.39, 0.29) is 18.8 Å². The van der Waals surface area contributed by atoms with Gasteiger partial charge < -0.3 is 20.5 Å². The summed E-state index contributed by atoms with van der Waals surface area (Å²) in [5.41, 5.74) is 6.05. The number of nitrogens with two attached hydrogens (primary N) is 1. The van der Waals surface area contributed by atoms with E-state index in [4.69, 9.17) is 15.9 Å². The zero-order chi connectivity index (χ0) is 12.4. The zero-order valence-corrected chi connectivity index (χ0v) is 9.21. The molecule has 17 heavy (non-hydrogen) atoms. The standard InChI is InChI=1S/C12H14N2O3/c13-11-3-1-2-10-9(11)4-5-14(12(10)17)8(6-15)7-16/h1-5,8,15-16H,6-7,13H2. The number of nitrogen functional groups attached to an aromatic ring is 1. The maximum absolute atomic E-state index is 12.1. The third-order valence-corrected chi connectivity index (χ3v) is 2.82. The number of nitrogens with zero attached hydrogens (tertiary/aromatic N) is 1. The van der Waals surface area contributed by atoms with Gasteiger partial charge in [0.2, 0.25) is 0 Å². The Morgan fingerprint density at radius 2 is 1.88 bits per heavy atom. The minimum atomic E-state index is -0.617. The average Bonchev–Trinajstić information content (AvgIpc) is 2.34. The summed E-state index contributed by atoms with van der Waals surface area (Å²) >= 11 is 0. The van der Waals surface area contributed by atoms with Crippen LogP contribution in [0.1, 0.15) is 6.04 Å². The van der Waals surface area contributed by atoms with Crippen molar-refractivity contribution in [2.24, 2.45) is 0 Å². The number of anilines is 1. The van der Waals surface area contributed by atoms with Crippen LogP contribution in [0.25, 0.3) is 10.8 Å². The van der Waals surface area contributed by atoms with Gasteiger partial charge in [0.1, 0.15) is 0 Å². The molecule has 0 radical (unpaired) electrons. The van der Waals surface area contributed by atoms with Gasteiger partial charge in [0, 0.05) is 22.7 Å². The first-order valence-electron chi connectivity index (χ1n) is 5.30. The van der Waals surface area contributed by atoms with E-state index in [9.17, 15) is 4.79 Å². The Kier molecular flexibility index (Phi) is 3.12. The van der Waals surface area contributed by atoms with Crippen molar-refractivity contribution in [2.75, 3.05) is 18.9 Å². The van der Waals surface area contributed by atoms with Gasteiger partial charge in [0.25, 0.3) is 5.56 Å². The molecule has 90 valence electrons. The van der Waals surface area contributed by atoms with Crippen LogP contribution in [0.2, 0.25) is 0 Å². The summed E-state index contributed by atoms with van der Waals surface area (Å²) < 4.78 is 1.32. The molecule has 0 fully saturated rings. The highest BCUT2D eigenvalue weighted by molar-refractivity contribution is 5.91. The van der Waals surface area contributed by atoms with Crippen LogP contribution in [0.5, 0.6) is 0 Å². The second-order valence-electron chi connectivity index (χ2n) is 3.86. The van der Waals surface area contributed by atoms with E-state index in [1.165, 1.54) is 10.8 Å². The van der Waals surface area contributed by atoms with Gasteiger partial charge in [-0.05, 0) is 18.2 Å². The quantitative estimate of drug-likeness (QED) is 0.658. The molecule has 0 atom stereocenters. The molecule has 5 nitrogen and oxygen atoms in total. The highest BCUT2D eigenvalue weighted by atomic mass is 16.3. The maximum atomic E-state index is 12.1. The van der Waals surface area contributed by atoms with Crippen molar-refractivity contribution in [1.29, 1.82) is 0 Å². The van der Waals surface area contributed by atoms with Crippen LogP contribution in [0.4, 0.5) is 5.69 Å². The molecule has 0 aliphatic heterocycles. The Bertz CT molecular complexity index is 588. The molecule has 1 aromatic carbocycles. The van der Waals surface area contributed by atoms with E-state index in [2.05, 4.69) is 0 Å². The number of benzene rings is 1. The van der Waals surface area contributed by atoms with E-state index >= 15 is 0 Å². The lowest BCUT2D eigenvalue weighted by Gasteiger charge is -2.15. The smallest absolute Gasteiger partial charge is 0.258 e. The summed E-state index contributed by atoms with van der Waals surface area (Å²) in [5, 5.41) is 19.3. The van der Waals surface area contributed by atoms with Crippen LogP contribution in [0, 0.1) is 0 Å². The Hall–Kier alpha value is -1.85. The van der Waals surface area contributed by atoms with Crippen LogP contribution in [0.3, 0.4) is 0 Å². The van der Waals surface area contributed by atoms with Crippen molar-refractivity contribution in [1.82, 2.24) is 4.57 Å². The zero-order valence-electron chi connectivity index (χ0n) is 9.21. The number of aliphatic hydroxyl groups is 2. The summed E-state index contributed by atoms with van der Waals surface area (Å²) in [4.78, 5) is 12.1. The second-order valence-corrected chi connectivity index (χ2v) is 3.86. The van der Waals surface area contributed by atoms with Crippen molar-refractivity contribution in [3.8, 4) is 0 Å². The molecule has 4 N–H and O–H groups in total. The molecule has 2 aromatic rings. The fourth-order valence-corrected chi connectivity index (χ4v) is 1.84. The number of pyridine rings is 1. The SMILES string of the molecule is Nc1cccc2c(=O)n(C(CO)CO)ccc12. The Labute approximate surface area is 97.7 Å². The van der Waals surface area contributed by atoms with Gasteiger partial charge in [-0.25, -0.2) is 0 Å². The van der Waals surface area contributed by atoms with E-state index < -0.39 is 6.04 Å². The van der Waals surface area contributed by atoms with Crippen LogP contribution in [-0.4, -0.2) is 28.0 Å². The lowest BCUT2D eigenvalue weighted by molar-refractivity contribution is 0.152. The van der Waals surface area contributed by atoms with E-state index in [0.29, 0.717) is 16.5 Å². The van der Waals surface area contributed by atoms with Crippen molar-refractivity contribution in [2.45, 2.75) is 6.04 Å².